The molecule has 0 aliphatic carbocycles. The molecule has 5 heteroatoms. The molecule has 3 aromatic rings. The molecule has 0 amide bonds. The number of hydrogen-bond donors (Lipinski definition) is 1. The predicted molar refractivity (Wildman–Crippen MR) is 81.8 cm³/mol. The number of aromatic nitrogens is 4. The summed E-state index contributed by atoms with van der Waals surface area (Å²) in [6.45, 7) is 0.441. The predicted octanol–water partition coefficient (Wildman–Crippen LogP) is 2.72. The molecule has 0 aliphatic heterocycles. The molecule has 0 fully saturated rings. The number of hydrogen-bond acceptors (Lipinski definition) is 4. The molecule has 0 radical (unpaired) electrons. The third-order valence-electron chi connectivity index (χ3n) is 2.95. The molecule has 1 N–H and O–H groups in total. The molecule has 5 nitrogen and oxygen atoms in total. The van der Waals surface area contributed by atoms with Crippen molar-refractivity contribution < 1.29 is 0 Å². The molecule has 2 heterocycles. The van der Waals surface area contributed by atoms with E-state index < -0.39 is 0 Å². The van der Waals surface area contributed by atoms with Crippen LogP contribution < -0.4 is 5.32 Å². The minimum atomic E-state index is 0.441. The minimum absolute atomic E-state index is 0.441. The molecule has 0 atom stereocenters. The Balaban J connectivity index is 1.91. The first-order valence-corrected chi connectivity index (χ1v) is 6.45. The van der Waals surface area contributed by atoms with Gasteiger partial charge in [0.25, 0.3) is 0 Å². The first-order chi connectivity index (χ1) is 10.4. The minimum Gasteiger partial charge on any atom is -0.337 e. The van der Waals surface area contributed by atoms with Crippen molar-refractivity contribution >= 4 is 11.5 Å². The number of rotatable bonds is 4. The van der Waals surface area contributed by atoms with Crippen LogP contribution in [-0.2, 0) is 6.54 Å². The van der Waals surface area contributed by atoms with Gasteiger partial charge in [0, 0.05) is 18.0 Å². The lowest BCUT2D eigenvalue weighted by atomic mass is 10.1. The molecule has 21 heavy (non-hydrogen) atoms. The van der Waals surface area contributed by atoms with Gasteiger partial charge >= 0.3 is 0 Å². The molecule has 0 bridgehead atoms. The van der Waals surface area contributed by atoms with Crippen LogP contribution in [0.25, 0.3) is 11.1 Å². The van der Waals surface area contributed by atoms with E-state index in [1.807, 2.05) is 36.5 Å². The Bertz CT molecular complexity index is 771. The van der Waals surface area contributed by atoms with Crippen molar-refractivity contribution in [1.29, 1.82) is 0 Å². The molecule has 0 saturated carbocycles. The molecule has 0 saturated heterocycles. The average Bonchev–Trinajstić information content (AvgIpc) is 2.96. The van der Waals surface area contributed by atoms with Crippen LogP contribution in [0, 0.1) is 12.3 Å². The van der Waals surface area contributed by atoms with Crippen LogP contribution in [0.15, 0.2) is 55.2 Å². The zero-order valence-corrected chi connectivity index (χ0v) is 11.3. The van der Waals surface area contributed by atoms with Gasteiger partial charge in [-0.1, -0.05) is 36.3 Å². The van der Waals surface area contributed by atoms with Gasteiger partial charge < -0.3 is 5.32 Å². The van der Waals surface area contributed by atoms with Crippen LogP contribution in [0.4, 0.5) is 11.5 Å². The Kier molecular flexibility index (Phi) is 3.61. The number of anilines is 2. The van der Waals surface area contributed by atoms with Crippen LogP contribution in [0.1, 0.15) is 0 Å². The summed E-state index contributed by atoms with van der Waals surface area (Å²) in [5.74, 6) is 3.28. The lowest BCUT2D eigenvalue weighted by Gasteiger charge is -2.08. The fourth-order valence-electron chi connectivity index (χ4n) is 2.00. The molecular weight excluding hydrogens is 262 g/mol. The van der Waals surface area contributed by atoms with Gasteiger partial charge in [-0.25, -0.2) is 9.97 Å². The lowest BCUT2D eigenvalue weighted by Crippen LogP contribution is -1.97. The second kappa shape index (κ2) is 5.88. The van der Waals surface area contributed by atoms with Crippen LogP contribution >= 0.6 is 0 Å². The zero-order valence-electron chi connectivity index (χ0n) is 11.3. The zero-order chi connectivity index (χ0) is 14.5. The van der Waals surface area contributed by atoms with Crippen molar-refractivity contribution in [1.82, 2.24) is 19.7 Å². The highest BCUT2D eigenvalue weighted by Gasteiger charge is 2.07. The standard InChI is InChI=1S/C16H13N5/c1-2-8-21-11-14(9-19-21)20-16-15(10-17-12-18-16)13-6-4-3-5-7-13/h1,3-7,9-12H,8H2,(H,17,18,20). The topological polar surface area (TPSA) is 55.6 Å². The monoisotopic (exact) mass is 275 g/mol. The van der Waals surface area contributed by atoms with Crippen molar-refractivity contribution in [2.45, 2.75) is 6.54 Å². The summed E-state index contributed by atoms with van der Waals surface area (Å²) in [7, 11) is 0. The van der Waals surface area contributed by atoms with Crippen molar-refractivity contribution in [3.8, 4) is 23.5 Å². The van der Waals surface area contributed by atoms with Gasteiger partial charge in [-0.05, 0) is 5.56 Å². The third-order valence-corrected chi connectivity index (χ3v) is 2.95. The van der Waals surface area contributed by atoms with E-state index in [9.17, 15) is 0 Å². The largest absolute Gasteiger partial charge is 0.337 e. The van der Waals surface area contributed by atoms with Gasteiger partial charge in [-0.15, -0.1) is 6.42 Å². The molecule has 102 valence electrons. The summed E-state index contributed by atoms with van der Waals surface area (Å²) < 4.78 is 1.69. The highest BCUT2D eigenvalue weighted by atomic mass is 15.3. The fraction of sp³-hybridized carbons (Fsp3) is 0.0625. The Morgan fingerprint density at radius 1 is 1.19 bits per heavy atom. The number of nitrogens with one attached hydrogen (secondary N) is 1. The van der Waals surface area contributed by atoms with E-state index in [0.717, 1.165) is 22.6 Å². The molecular formula is C16H13N5. The third kappa shape index (κ3) is 2.90. The fourth-order valence-corrected chi connectivity index (χ4v) is 2.00. The Morgan fingerprint density at radius 3 is 2.86 bits per heavy atom. The van der Waals surface area contributed by atoms with Gasteiger partial charge in [-0.3, -0.25) is 4.68 Å². The number of terminal acetylenes is 1. The lowest BCUT2D eigenvalue weighted by molar-refractivity contribution is 0.716. The molecule has 0 spiro atoms. The van der Waals surface area contributed by atoms with E-state index >= 15 is 0 Å². The summed E-state index contributed by atoms with van der Waals surface area (Å²) in [5.41, 5.74) is 2.82. The summed E-state index contributed by atoms with van der Waals surface area (Å²) in [6.07, 6.45) is 12.1. The summed E-state index contributed by atoms with van der Waals surface area (Å²) in [4.78, 5) is 8.41. The van der Waals surface area contributed by atoms with Crippen molar-refractivity contribution in [2.75, 3.05) is 5.32 Å². The van der Waals surface area contributed by atoms with Gasteiger partial charge in [0.05, 0.1) is 11.9 Å². The quantitative estimate of drug-likeness (QED) is 0.744. The molecule has 1 aromatic carbocycles. The van der Waals surface area contributed by atoms with Gasteiger partial charge in [0.2, 0.25) is 0 Å². The average molecular weight is 275 g/mol. The molecule has 0 aliphatic rings. The maximum atomic E-state index is 5.27. The van der Waals surface area contributed by atoms with Crippen LogP contribution in [0.5, 0.6) is 0 Å². The normalized spacial score (nSPS) is 10.0. The first-order valence-electron chi connectivity index (χ1n) is 6.45. The van der Waals surface area contributed by atoms with E-state index in [1.54, 1.807) is 17.1 Å². The van der Waals surface area contributed by atoms with E-state index in [0.29, 0.717) is 6.54 Å². The van der Waals surface area contributed by atoms with Crippen molar-refractivity contribution in [2.24, 2.45) is 0 Å². The Labute approximate surface area is 122 Å². The van der Waals surface area contributed by atoms with E-state index in [2.05, 4.69) is 26.3 Å². The van der Waals surface area contributed by atoms with Crippen molar-refractivity contribution in [3.63, 3.8) is 0 Å². The molecule has 2 aromatic heterocycles. The maximum Gasteiger partial charge on any atom is 0.141 e. The van der Waals surface area contributed by atoms with E-state index in [4.69, 9.17) is 6.42 Å². The number of nitrogens with zero attached hydrogens (tertiary/aromatic N) is 4. The van der Waals surface area contributed by atoms with Crippen molar-refractivity contribution in [3.05, 3.63) is 55.2 Å². The van der Waals surface area contributed by atoms with Crippen LogP contribution in [0.2, 0.25) is 0 Å². The second-order valence-electron chi connectivity index (χ2n) is 4.41. The second-order valence-corrected chi connectivity index (χ2v) is 4.41. The first kappa shape index (κ1) is 12.9. The Hall–Kier alpha value is -3.13. The summed E-state index contributed by atoms with van der Waals surface area (Å²) in [5, 5.41) is 7.42. The van der Waals surface area contributed by atoms with Gasteiger partial charge in [-0.2, -0.15) is 5.10 Å². The Morgan fingerprint density at radius 2 is 2.05 bits per heavy atom. The smallest absolute Gasteiger partial charge is 0.141 e. The SMILES string of the molecule is C#CCn1cc(Nc2ncncc2-c2ccccc2)cn1. The van der Waals surface area contributed by atoms with E-state index in [1.165, 1.54) is 6.33 Å². The highest BCUT2D eigenvalue weighted by molar-refractivity contribution is 5.77. The molecule has 3 rings (SSSR count). The number of benzene rings is 1. The summed E-state index contributed by atoms with van der Waals surface area (Å²) in [6, 6.07) is 9.98. The van der Waals surface area contributed by atoms with Crippen LogP contribution in [-0.4, -0.2) is 19.7 Å². The van der Waals surface area contributed by atoms with Crippen LogP contribution in [0.3, 0.4) is 0 Å². The maximum absolute atomic E-state index is 5.27. The summed E-state index contributed by atoms with van der Waals surface area (Å²) >= 11 is 0. The van der Waals surface area contributed by atoms with Gasteiger partial charge in [0.15, 0.2) is 0 Å². The molecule has 0 unspecified atom stereocenters. The van der Waals surface area contributed by atoms with Gasteiger partial charge in [0.1, 0.15) is 18.7 Å². The highest BCUT2D eigenvalue weighted by Crippen LogP contribution is 2.27. The van der Waals surface area contributed by atoms with E-state index in [-0.39, 0.29) is 0 Å².